The smallest absolute Gasteiger partial charge is 0.173 e. The van der Waals surface area contributed by atoms with E-state index in [2.05, 4.69) is 26.0 Å². The van der Waals surface area contributed by atoms with Gasteiger partial charge >= 0.3 is 0 Å². The summed E-state index contributed by atoms with van der Waals surface area (Å²) in [5, 5.41) is 0. The van der Waals surface area contributed by atoms with Crippen molar-refractivity contribution in [2.75, 3.05) is 0 Å². The van der Waals surface area contributed by atoms with E-state index in [9.17, 15) is 0 Å². The number of unbranched alkanes of at least 4 members (excludes halogenated alkanes) is 6. The predicted octanol–water partition coefficient (Wildman–Crippen LogP) is 14.3. The lowest BCUT2D eigenvalue weighted by Crippen LogP contribution is -1.90. The number of hydrogen-bond acceptors (Lipinski definition) is 8. The maximum absolute atomic E-state index is 6.70. The summed E-state index contributed by atoms with van der Waals surface area (Å²) in [5.74, 6) is 9.03. The Bertz CT molecular complexity index is 2130. The van der Waals surface area contributed by atoms with Crippen LogP contribution >= 0.6 is 0 Å². The fraction of sp³-hybridized carbons (Fsp3) is 0.273. The van der Waals surface area contributed by atoms with Gasteiger partial charge in [-0.05, 0) is 111 Å². The Kier molecular flexibility index (Phi) is 9.78. The Hall–Kier alpha value is -5.76. The molecular formula is C44H42O8. The molecular weight excluding hydrogens is 656 g/mol. The van der Waals surface area contributed by atoms with Crippen molar-refractivity contribution in [1.29, 1.82) is 0 Å². The predicted molar refractivity (Wildman–Crippen MR) is 198 cm³/mol. The van der Waals surface area contributed by atoms with Gasteiger partial charge in [-0.3, -0.25) is 0 Å². The van der Waals surface area contributed by atoms with Gasteiger partial charge in [0.25, 0.3) is 0 Å². The van der Waals surface area contributed by atoms with Crippen LogP contribution in [-0.2, 0) is 12.8 Å². The van der Waals surface area contributed by atoms with Crippen molar-refractivity contribution in [3.63, 3.8) is 0 Å². The van der Waals surface area contributed by atoms with E-state index in [1.807, 2.05) is 72.8 Å². The highest BCUT2D eigenvalue weighted by atomic mass is 16.4. The van der Waals surface area contributed by atoms with Crippen molar-refractivity contribution in [2.24, 2.45) is 0 Å². The van der Waals surface area contributed by atoms with Gasteiger partial charge in [-0.2, -0.15) is 0 Å². The molecule has 0 aliphatic carbocycles. The van der Waals surface area contributed by atoms with E-state index in [0.717, 1.165) is 61.2 Å². The first kappa shape index (κ1) is 33.4. The molecule has 8 heteroatoms. The van der Waals surface area contributed by atoms with Crippen LogP contribution < -0.4 is 0 Å². The Balaban J connectivity index is 1.12. The van der Waals surface area contributed by atoms with Crippen molar-refractivity contribution in [3.05, 3.63) is 109 Å². The molecule has 8 rings (SSSR count). The minimum absolute atomic E-state index is 0.605. The summed E-state index contributed by atoms with van der Waals surface area (Å²) in [4.78, 5) is 0. The van der Waals surface area contributed by atoms with Crippen LogP contribution in [0.1, 0.15) is 76.3 Å². The molecule has 0 saturated carbocycles. The summed E-state index contributed by atoms with van der Waals surface area (Å²) in [6.45, 7) is 4.46. The average Bonchev–Trinajstić information content (AvgIpc) is 3.99. The van der Waals surface area contributed by atoms with Gasteiger partial charge in [0.1, 0.15) is 0 Å². The SMILES string of the molecule is CCCCCCc1cc(-c2ccc(-c3ccc(-c4ccco4)o3)o2)oc1-c1oc(-c2ccc(-c3ccc(-c4ccco4)o3)o2)cc1CCCCCC. The lowest BCUT2D eigenvalue weighted by atomic mass is 10.0. The van der Waals surface area contributed by atoms with E-state index in [4.69, 9.17) is 35.3 Å². The van der Waals surface area contributed by atoms with Crippen molar-refractivity contribution < 1.29 is 35.3 Å². The Labute approximate surface area is 302 Å². The highest BCUT2D eigenvalue weighted by Gasteiger charge is 2.25. The summed E-state index contributed by atoms with van der Waals surface area (Å²) in [5.41, 5.74) is 2.19. The molecule has 266 valence electrons. The topological polar surface area (TPSA) is 105 Å². The molecule has 0 aliphatic heterocycles. The van der Waals surface area contributed by atoms with Crippen molar-refractivity contribution >= 4 is 0 Å². The Morgan fingerprint density at radius 1 is 0.346 bits per heavy atom. The molecule has 0 spiro atoms. The molecule has 0 aliphatic rings. The van der Waals surface area contributed by atoms with E-state index < -0.39 is 0 Å². The quantitative estimate of drug-likeness (QED) is 0.0865. The molecule has 0 amide bonds. The molecule has 8 aromatic heterocycles. The molecule has 0 fully saturated rings. The van der Waals surface area contributed by atoms with Gasteiger partial charge in [-0.1, -0.05) is 52.4 Å². The van der Waals surface area contributed by atoms with Crippen LogP contribution in [-0.4, -0.2) is 0 Å². The second kappa shape index (κ2) is 15.2. The molecule has 0 atom stereocenters. The van der Waals surface area contributed by atoms with E-state index in [1.54, 1.807) is 12.5 Å². The summed E-state index contributed by atoms with van der Waals surface area (Å²) in [6, 6.07) is 26.8. The monoisotopic (exact) mass is 698 g/mol. The fourth-order valence-electron chi connectivity index (χ4n) is 6.59. The molecule has 8 heterocycles. The van der Waals surface area contributed by atoms with Gasteiger partial charge in [0, 0.05) is 11.1 Å². The second-order valence-electron chi connectivity index (χ2n) is 13.2. The first-order valence-electron chi connectivity index (χ1n) is 18.4. The molecule has 8 nitrogen and oxygen atoms in total. The molecule has 0 aromatic carbocycles. The zero-order valence-electron chi connectivity index (χ0n) is 29.6. The highest BCUT2D eigenvalue weighted by Crippen LogP contribution is 2.42. The normalized spacial score (nSPS) is 11.7. The van der Waals surface area contributed by atoms with Crippen LogP contribution in [0, 0.1) is 0 Å². The first-order chi connectivity index (χ1) is 25.7. The van der Waals surface area contributed by atoms with Crippen LogP contribution in [0.25, 0.3) is 80.6 Å². The fourth-order valence-corrected chi connectivity index (χ4v) is 6.59. The van der Waals surface area contributed by atoms with Crippen LogP contribution in [0.15, 0.2) is 133 Å². The molecule has 0 N–H and O–H groups in total. The van der Waals surface area contributed by atoms with Crippen LogP contribution in [0.2, 0.25) is 0 Å². The molecule has 0 bridgehead atoms. The third-order valence-electron chi connectivity index (χ3n) is 9.35. The zero-order chi connectivity index (χ0) is 35.3. The number of aryl methyl sites for hydroxylation is 2. The minimum Gasteiger partial charge on any atom is -0.461 e. The van der Waals surface area contributed by atoms with Crippen LogP contribution in [0.3, 0.4) is 0 Å². The highest BCUT2D eigenvalue weighted by molar-refractivity contribution is 5.71. The van der Waals surface area contributed by atoms with E-state index in [1.165, 1.54) is 25.7 Å². The molecule has 0 saturated heterocycles. The lowest BCUT2D eigenvalue weighted by Gasteiger charge is -2.04. The van der Waals surface area contributed by atoms with Crippen molar-refractivity contribution in [2.45, 2.75) is 78.1 Å². The van der Waals surface area contributed by atoms with Gasteiger partial charge in [-0.25, -0.2) is 0 Å². The van der Waals surface area contributed by atoms with E-state index >= 15 is 0 Å². The van der Waals surface area contributed by atoms with E-state index in [0.29, 0.717) is 69.1 Å². The molecule has 52 heavy (non-hydrogen) atoms. The molecule has 0 unspecified atom stereocenters. The third-order valence-corrected chi connectivity index (χ3v) is 9.35. The number of hydrogen-bond donors (Lipinski definition) is 0. The van der Waals surface area contributed by atoms with Gasteiger partial charge < -0.3 is 35.3 Å². The Morgan fingerprint density at radius 3 is 1.02 bits per heavy atom. The van der Waals surface area contributed by atoms with Gasteiger partial charge in [0.2, 0.25) is 0 Å². The standard InChI is InChI=1S/C44H42O8/c1-3-5-7-9-13-29-27-41(39-23-21-37(49-39)35-19-17-33(47-35)31-15-11-25-45-31)51-43(29)44-30(14-10-8-6-4-2)28-42(52-44)40-24-22-38(50-40)36-20-18-34(48-36)32-16-12-26-46-32/h11-12,15-28H,3-10,13-14H2,1-2H3. The van der Waals surface area contributed by atoms with Crippen LogP contribution in [0.5, 0.6) is 0 Å². The maximum atomic E-state index is 6.70. The average molecular weight is 699 g/mol. The summed E-state index contributed by atoms with van der Waals surface area (Å²) in [6.07, 6.45) is 14.1. The minimum atomic E-state index is 0.605. The summed E-state index contributed by atoms with van der Waals surface area (Å²) < 4.78 is 49.1. The first-order valence-corrected chi connectivity index (χ1v) is 18.4. The van der Waals surface area contributed by atoms with Crippen molar-refractivity contribution in [3.8, 4) is 80.6 Å². The summed E-state index contributed by atoms with van der Waals surface area (Å²) in [7, 11) is 0. The molecule has 8 aromatic rings. The third kappa shape index (κ3) is 7.06. The lowest BCUT2D eigenvalue weighted by molar-refractivity contribution is 0.488. The largest absolute Gasteiger partial charge is 0.461 e. The van der Waals surface area contributed by atoms with Gasteiger partial charge in [-0.15, -0.1) is 0 Å². The maximum Gasteiger partial charge on any atom is 0.173 e. The zero-order valence-corrected chi connectivity index (χ0v) is 29.6. The number of rotatable bonds is 17. The van der Waals surface area contributed by atoms with E-state index in [-0.39, 0.29) is 0 Å². The number of furan rings is 8. The van der Waals surface area contributed by atoms with Gasteiger partial charge in [0.15, 0.2) is 80.6 Å². The summed E-state index contributed by atoms with van der Waals surface area (Å²) >= 11 is 0. The second-order valence-corrected chi connectivity index (χ2v) is 13.2. The molecule has 0 radical (unpaired) electrons. The van der Waals surface area contributed by atoms with Crippen molar-refractivity contribution in [1.82, 2.24) is 0 Å². The van der Waals surface area contributed by atoms with Crippen LogP contribution in [0.4, 0.5) is 0 Å². The Morgan fingerprint density at radius 2 is 0.692 bits per heavy atom. The van der Waals surface area contributed by atoms with Gasteiger partial charge in [0.05, 0.1) is 12.5 Å².